The standard InChI is InChI=1S/C18H17NO3/c1-3-11-22-17-6-4-5-15(12-17)18(21)19-16-9-7-14(8-10-16)13(2)20/h3-10,12H,1,11H2,2H3,(H,19,21). The number of amides is 1. The highest BCUT2D eigenvalue weighted by atomic mass is 16.5. The molecule has 0 radical (unpaired) electrons. The van der Waals surface area contributed by atoms with E-state index in [9.17, 15) is 9.59 Å². The van der Waals surface area contributed by atoms with E-state index in [1.165, 1.54) is 6.92 Å². The second kappa shape index (κ2) is 7.22. The molecule has 1 N–H and O–H groups in total. The van der Waals surface area contributed by atoms with Crippen LogP contribution in [0.3, 0.4) is 0 Å². The van der Waals surface area contributed by atoms with Crippen LogP contribution in [0.15, 0.2) is 61.2 Å². The lowest BCUT2D eigenvalue weighted by Gasteiger charge is -2.08. The number of hydrogen-bond acceptors (Lipinski definition) is 3. The quantitative estimate of drug-likeness (QED) is 0.653. The van der Waals surface area contributed by atoms with Crippen molar-refractivity contribution >= 4 is 17.4 Å². The summed E-state index contributed by atoms with van der Waals surface area (Å²) >= 11 is 0. The first-order chi connectivity index (χ1) is 10.6. The average molecular weight is 295 g/mol. The van der Waals surface area contributed by atoms with Gasteiger partial charge in [-0.25, -0.2) is 0 Å². The van der Waals surface area contributed by atoms with Gasteiger partial charge in [-0.3, -0.25) is 9.59 Å². The molecule has 1 amide bonds. The molecule has 0 atom stereocenters. The minimum Gasteiger partial charge on any atom is -0.490 e. The molecule has 0 saturated carbocycles. The summed E-state index contributed by atoms with van der Waals surface area (Å²) in [6.07, 6.45) is 1.64. The number of hydrogen-bond donors (Lipinski definition) is 1. The lowest BCUT2D eigenvalue weighted by atomic mass is 10.1. The molecular formula is C18H17NO3. The Hall–Kier alpha value is -2.88. The van der Waals surface area contributed by atoms with Crippen molar-refractivity contribution in [3.05, 3.63) is 72.3 Å². The smallest absolute Gasteiger partial charge is 0.255 e. The van der Waals surface area contributed by atoms with Gasteiger partial charge in [-0.15, -0.1) is 0 Å². The third-order valence-electron chi connectivity index (χ3n) is 3.01. The maximum atomic E-state index is 12.2. The summed E-state index contributed by atoms with van der Waals surface area (Å²) in [6, 6.07) is 13.7. The monoisotopic (exact) mass is 295 g/mol. The molecule has 0 aromatic heterocycles. The SMILES string of the molecule is C=CCOc1cccc(C(=O)Nc2ccc(C(C)=O)cc2)c1. The zero-order valence-corrected chi connectivity index (χ0v) is 12.3. The van der Waals surface area contributed by atoms with Crippen molar-refractivity contribution in [1.29, 1.82) is 0 Å². The average Bonchev–Trinajstić information content (AvgIpc) is 2.53. The van der Waals surface area contributed by atoms with Crippen LogP contribution in [-0.4, -0.2) is 18.3 Å². The molecule has 2 rings (SSSR count). The molecular weight excluding hydrogens is 278 g/mol. The predicted molar refractivity (Wildman–Crippen MR) is 86.5 cm³/mol. The van der Waals surface area contributed by atoms with E-state index in [1.54, 1.807) is 54.6 Å². The number of ether oxygens (including phenoxy) is 1. The van der Waals surface area contributed by atoms with Gasteiger partial charge in [-0.1, -0.05) is 18.7 Å². The molecule has 0 aliphatic carbocycles. The number of rotatable bonds is 6. The van der Waals surface area contributed by atoms with Gasteiger partial charge in [0.05, 0.1) is 0 Å². The number of carbonyl (C=O) groups excluding carboxylic acids is 2. The Bertz CT molecular complexity index is 690. The summed E-state index contributed by atoms with van der Waals surface area (Å²) < 4.78 is 5.40. The largest absolute Gasteiger partial charge is 0.490 e. The molecule has 2 aromatic carbocycles. The maximum Gasteiger partial charge on any atom is 0.255 e. The maximum absolute atomic E-state index is 12.2. The Morgan fingerprint density at radius 1 is 1.14 bits per heavy atom. The fourth-order valence-electron chi connectivity index (χ4n) is 1.87. The van der Waals surface area contributed by atoms with Crippen molar-refractivity contribution in [2.45, 2.75) is 6.92 Å². The molecule has 0 aliphatic rings. The van der Waals surface area contributed by atoms with Crippen molar-refractivity contribution in [3.63, 3.8) is 0 Å². The highest BCUT2D eigenvalue weighted by molar-refractivity contribution is 6.04. The van der Waals surface area contributed by atoms with Crippen molar-refractivity contribution in [3.8, 4) is 5.75 Å². The summed E-state index contributed by atoms with van der Waals surface area (Å²) in [6.45, 7) is 5.47. The molecule has 22 heavy (non-hydrogen) atoms. The summed E-state index contributed by atoms with van der Waals surface area (Å²) in [5.41, 5.74) is 1.74. The lowest BCUT2D eigenvalue weighted by Crippen LogP contribution is -2.12. The van der Waals surface area contributed by atoms with Gasteiger partial charge < -0.3 is 10.1 Å². The van der Waals surface area contributed by atoms with Crippen LogP contribution >= 0.6 is 0 Å². The Morgan fingerprint density at radius 3 is 2.50 bits per heavy atom. The van der Waals surface area contributed by atoms with Gasteiger partial charge in [0.1, 0.15) is 12.4 Å². The molecule has 0 heterocycles. The van der Waals surface area contributed by atoms with Crippen molar-refractivity contribution in [1.82, 2.24) is 0 Å². The highest BCUT2D eigenvalue weighted by Gasteiger charge is 2.08. The zero-order chi connectivity index (χ0) is 15.9. The fraction of sp³-hybridized carbons (Fsp3) is 0.111. The highest BCUT2D eigenvalue weighted by Crippen LogP contribution is 2.16. The molecule has 0 saturated heterocycles. The van der Waals surface area contributed by atoms with E-state index in [1.807, 2.05) is 0 Å². The summed E-state index contributed by atoms with van der Waals surface area (Å²) in [5.74, 6) is 0.365. The molecule has 2 aromatic rings. The lowest BCUT2D eigenvalue weighted by molar-refractivity contribution is 0.101. The summed E-state index contributed by atoms with van der Waals surface area (Å²) in [5, 5.41) is 2.78. The normalized spacial score (nSPS) is 9.86. The van der Waals surface area contributed by atoms with E-state index < -0.39 is 0 Å². The molecule has 0 aliphatic heterocycles. The van der Waals surface area contributed by atoms with Crippen LogP contribution in [0, 0.1) is 0 Å². The first kappa shape index (κ1) is 15.5. The van der Waals surface area contributed by atoms with E-state index in [0.717, 1.165) is 0 Å². The van der Waals surface area contributed by atoms with E-state index in [2.05, 4.69) is 11.9 Å². The molecule has 0 unspecified atom stereocenters. The minimum atomic E-state index is -0.236. The Kier molecular flexibility index (Phi) is 5.09. The van der Waals surface area contributed by atoms with E-state index in [4.69, 9.17) is 4.74 Å². The molecule has 4 heteroatoms. The number of Topliss-reactive ketones (excluding diaryl/α,β-unsaturated/α-hetero) is 1. The Balaban J connectivity index is 2.08. The second-order valence-corrected chi connectivity index (χ2v) is 4.72. The first-order valence-electron chi connectivity index (χ1n) is 6.86. The van der Waals surface area contributed by atoms with Gasteiger partial charge in [0, 0.05) is 16.8 Å². The molecule has 0 fully saturated rings. The second-order valence-electron chi connectivity index (χ2n) is 4.72. The van der Waals surface area contributed by atoms with Gasteiger partial charge in [0.2, 0.25) is 0 Å². The Morgan fingerprint density at radius 2 is 1.86 bits per heavy atom. The topological polar surface area (TPSA) is 55.4 Å². The van der Waals surface area contributed by atoms with Crippen LogP contribution < -0.4 is 10.1 Å². The molecule has 0 bridgehead atoms. The summed E-state index contributed by atoms with van der Waals surface area (Å²) in [4.78, 5) is 23.4. The molecule has 4 nitrogen and oxygen atoms in total. The van der Waals surface area contributed by atoms with Gasteiger partial charge >= 0.3 is 0 Å². The third kappa shape index (κ3) is 4.06. The molecule has 0 spiro atoms. The number of nitrogens with one attached hydrogen (secondary N) is 1. The van der Waals surface area contributed by atoms with Crippen LogP contribution in [0.2, 0.25) is 0 Å². The zero-order valence-electron chi connectivity index (χ0n) is 12.3. The summed E-state index contributed by atoms with van der Waals surface area (Å²) in [7, 11) is 0. The van der Waals surface area contributed by atoms with Crippen LogP contribution in [0.25, 0.3) is 0 Å². The van der Waals surface area contributed by atoms with E-state index in [0.29, 0.717) is 29.2 Å². The first-order valence-corrected chi connectivity index (χ1v) is 6.86. The van der Waals surface area contributed by atoms with Crippen LogP contribution in [0.4, 0.5) is 5.69 Å². The molecule has 112 valence electrons. The van der Waals surface area contributed by atoms with Crippen molar-refractivity contribution in [2.24, 2.45) is 0 Å². The minimum absolute atomic E-state index is 0.00931. The number of benzene rings is 2. The van der Waals surface area contributed by atoms with Gasteiger partial charge in [-0.2, -0.15) is 0 Å². The van der Waals surface area contributed by atoms with Gasteiger partial charge in [0.15, 0.2) is 5.78 Å². The Labute approximate surface area is 129 Å². The third-order valence-corrected chi connectivity index (χ3v) is 3.01. The van der Waals surface area contributed by atoms with Crippen molar-refractivity contribution in [2.75, 3.05) is 11.9 Å². The predicted octanol–water partition coefficient (Wildman–Crippen LogP) is 3.71. The van der Waals surface area contributed by atoms with Gasteiger partial charge in [-0.05, 0) is 49.4 Å². The fourth-order valence-corrected chi connectivity index (χ4v) is 1.87. The number of anilines is 1. The number of carbonyl (C=O) groups is 2. The van der Waals surface area contributed by atoms with Gasteiger partial charge in [0.25, 0.3) is 5.91 Å². The van der Waals surface area contributed by atoms with Crippen molar-refractivity contribution < 1.29 is 14.3 Å². The van der Waals surface area contributed by atoms with E-state index in [-0.39, 0.29) is 11.7 Å². The van der Waals surface area contributed by atoms with Crippen LogP contribution in [0.5, 0.6) is 5.75 Å². The van der Waals surface area contributed by atoms with Crippen LogP contribution in [0.1, 0.15) is 27.6 Å². The van der Waals surface area contributed by atoms with Crippen LogP contribution in [-0.2, 0) is 0 Å². The van der Waals surface area contributed by atoms with E-state index >= 15 is 0 Å². The number of ketones is 1.